The van der Waals surface area contributed by atoms with Gasteiger partial charge in [0.15, 0.2) is 0 Å². The van der Waals surface area contributed by atoms with E-state index in [1.165, 1.54) is 0 Å². The minimum atomic E-state index is -0.220. The van der Waals surface area contributed by atoms with E-state index >= 15 is 0 Å². The zero-order valence-electron chi connectivity index (χ0n) is 13.9. The van der Waals surface area contributed by atoms with E-state index in [4.69, 9.17) is 0 Å². The van der Waals surface area contributed by atoms with Gasteiger partial charge < -0.3 is 10.2 Å². The number of benzene rings is 1. The standard InChI is InChI=1S/C19H27NO2/c1-5-6-7-8-14-10-16(21)18(17(22)11-14)19-15(12(2)3)9-13(4)20-19/h10-11,15,19,21-22H,2,5-9H2,1,3-4H3. The molecule has 0 amide bonds. The van der Waals surface area contributed by atoms with Gasteiger partial charge in [-0.1, -0.05) is 31.9 Å². The molecule has 22 heavy (non-hydrogen) atoms. The summed E-state index contributed by atoms with van der Waals surface area (Å²) in [6, 6.07) is 3.34. The molecule has 0 fully saturated rings. The van der Waals surface area contributed by atoms with Crippen LogP contribution < -0.4 is 0 Å². The zero-order chi connectivity index (χ0) is 16.3. The van der Waals surface area contributed by atoms with Gasteiger partial charge in [-0.15, -0.1) is 0 Å². The largest absolute Gasteiger partial charge is 0.507 e. The molecule has 2 unspecified atom stereocenters. The molecule has 1 aliphatic heterocycles. The Morgan fingerprint density at radius 1 is 1.27 bits per heavy atom. The second-order valence-corrected chi connectivity index (χ2v) is 6.47. The van der Waals surface area contributed by atoms with Crippen molar-refractivity contribution in [1.29, 1.82) is 0 Å². The molecule has 0 aromatic heterocycles. The third kappa shape index (κ3) is 3.52. The van der Waals surface area contributed by atoms with Gasteiger partial charge in [-0.25, -0.2) is 0 Å². The Morgan fingerprint density at radius 2 is 1.91 bits per heavy atom. The van der Waals surface area contributed by atoms with Crippen molar-refractivity contribution >= 4 is 5.71 Å². The lowest BCUT2D eigenvalue weighted by Gasteiger charge is -2.21. The van der Waals surface area contributed by atoms with Gasteiger partial charge in [0.25, 0.3) is 0 Å². The smallest absolute Gasteiger partial charge is 0.124 e. The number of phenols is 2. The first kappa shape index (κ1) is 16.6. The maximum absolute atomic E-state index is 10.4. The van der Waals surface area contributed by atoms with E-state index in [2.05, 4.69) is 18.5 Å². The molecule has 0 bridgehead atoms. The molecule has 0 spiro atoms. The van der Waals surface area contributed by atoms with E-state index in [0.29, 0.717) is 5.56 Å². The van der Waals surface area contributed by atoms with Crippen LogP contribution in [0.25, 0.3) is 0 Å². The van der Waals surface area contributed by atoms with E-state index < -0.39 is 0 Å². The van der Waals surface area contributed by atoms with Crippen LogP contribution in [0.4, 0.5) is 0 Å². The van der Waals surface area contributed by atoms with Crippen molar-refractivity contribution in [3.05, 3.63) is 35.4 Å². The Labute approximate surface area is 133 Å². The molecule has 2 rings (SSSR count). The van der Waals surface area contributed by atoms with Crippen molar-refractivity contribution < 1.29 is 10.2 Å². The Bertz CT molecular complexity index is 566. The molecular formula is C19H27NO2. The van der Waals surface area contributed by atoms with Crippen molar-refractivity contribution in [3.8, 4) is 11.5 Å². The normalized spacial score (nSPS) is 21.0. The van der Waals surface area contributed by atoms with Gasteiger partial charge in [0.05, 0.1) is 11.6 Å². The number of hydrogen-bond acceptors (Lipinski definition) is 3. The summed E-state index contributed by atoms with van der Waals surface area (Å²) < 4.78 is 0. The molecule has 1 heterocycles. The van der Waals surface area contributed by atoms with Gasteiger partial charge >= 0.3 is 0 Å². The summed E-state index contributed by atoms with van der Waals surface area (Å²) in [5, 5.41) is 20.8. The van der Waals surface area contributed by atoms with Crippen LogP contribution >= 0.6 is 0 Å². The first-order valence-electron chi connectivity index (χ1n) is 8.17. The summed E-state index contributed by atoms with van der Waals surface area (Å²) in [4.78, 5) is 4.62. The van der Waals surface area contributed by atoms with Crippen LogP contribution in [-0.2, 0) is 6.42 Å². The molecule has 1 aliphatic rings. The Balaban J connectivity index is 2.29. The number of aromatic hydroxyl groups is 2. The minimum absolute atomic E-state index is 0.154. The quantitative estimate of drug-likeness (QED) is 0.578. The molecule has 0 saturated carbocycles. The van der Waals surface area contributed by atoms with E-state index in [0.717, 1.165) is 49.0 Å². The van der Waals surface area contributed by atoms with Crippen LogP contribution in [0.1, 0.15) is 63.6 Å². The number of rotatable bonds is 6. The predicted octanol–water partition coefficient (Wildman–Crippen LogP) is 4.93. The first-order chi connectivity index (χ1) is 10.4. The lowest BCUT2D eigenvalue weighted by atomic mass is 9.86. The van der Waals surface area contributed by atoms with Crippen LogP contribution in [0, 0.1) is 5.92 Å². The monoisotopic (exact) mass is 301 g/mol. The zero-order valence-corrected chi connectivity index (χ0v) is 13.9. The molecule has 1 aromatic rings. The summed E-state index contributed by atoms with van der Waals surface area (Å²) in [5.41, 5.74) is 3.61. The molecular weight excluding hydrogens is 274 g/mol. The Hall–Kier alpha value is -1.77. The fraction of sp³-hybridized carbons (Fsp3) is 0.526. The highest BCUT2D eigenvalue weighted by molar-refractivity contribution is 5.85. The third-order valence-electron chi connectivity index (χ3n) is 4.45. The topological polar surface area (TPSA) is 52.8 Å². The number of phenolic OH excluding ortho intramolecular Hbond substituents is 2. The van der Waals surface area contributed by atoms with E-state index in [-0.39, 0.29) is 23.5 Å². The third-order valence-corrected chi connectivity index (χ3v) is 4.45. The van der Waals surface area contributed by atoms with E-state index in [1.54, 1.807) is 12.1 Å². The number of aliphatic imine (C=N–C) groups is 1. The van der Waals surface area contributed by atoms with Crippen molar-refractivity contribution in [2.45, 2.75) is 58.9 Å². The lowest BCUT2D eigenvalue weighted by molar-refractivity contribution is 0.414. The molecule has 3 heteroatoms. The van der Waals surface area contributed by atoms with Crippen LogP contribution in [0.2, 0.25) is 0 Å². The molecule has 2 atom stereocenters. The van der Waals surface area contributed by atoms with E-state index in [9.17, 15) is 10.2 Å². The molecule has 0 aliphatic carbocycles. The first-order valence-corrected chi connectivity index (χ1v) is 8.17. The summed E-state index contributed by atoms with van der Waals surface area (Å²) in [5.74, 6) is 0.463. The van der Waals surface area contributed by atoms with Crippen LogP contribution in [0.15, 0.2) is 29.3 Å². The lowest BCUT2D eigenvalue weighted by Crippen LogP contribution is -2.08. The molecule has 0 saturated heterocycles. The van der Waals surface area contributed by atoms with E-state index in [1.807, 2.05) is 13.8 Å². The fourth-order valence-electron chi connectivity index (χ4n) is 3.23. The highest BCUT2D eigenvalue weighted by atomic mass is 16.3. The van der Waals surface area contributed by atoms with Gasteiger partial charge in [0.2, 0.25) is 0 Å². The fourth-order valence-corrected chi connectivity index (χ4v) is 3.23. The number of nitrogens with zero attached hydrogens (tertiary/aromatic N) is 1. The van der Waals surface area contributed by atoms with Crippen molar-refractivity contribution in [1.82, 2.24) is 0 Å². The van der Waals surface area contributed by atoms with Gasteiger partial charge in [-0.05, 0) is 50.8 Å². The predicted molar refractivity (Wildman–Crippen MR) is 91.8 cm³/mol. The number of hydrogen-bond donors (Lipinski definition) is 2. The maximum Gasteiger partial charge on any atom is 0.124 e. The summed E-state index contributed by atoms with van der Waals surface area (Å²) in [7, 11) is 0. The van der Waals surface area contributed by atoms with Gasteiger partial charge in [0.1, 0.15) is 11.5 Å². The Morgan fingerprint density at radius 3 is 2.45 bits per heavy atom. The van der Waals surface area contributed by atoms with Gasteiger partial charge in [0, 0.05) is 11.6 Å². The van der Waals surface area contributed by atoms with Gasteiger partial charge in [-0.3, -0.25) is 4.99 Å². The molecule has 0 radical (unpaired) electrons. The number of aryl methyl sites for hydroxylation is 1. The highest BCUT2D eigenvalue weighted by Crippen LogP contribution is 2.46. The SMILES string of the molecule is C=C(C)C1CC(C)=NC1c1c(O)cc(CCCCC)cc1O. The van der Waals surface area contributed by atoms with Crippen molar-refractivity contribution in [2.75, 3.05) is 0 Å². The highest BCUT2D eigenvalue weighted by Gasteiger charge is 2.33. The maximum atomic E-state index is 10.4. The minimum Gasteiger partial charge on any atom is -0.507 e. The van der Waals surface area contributed by atoms with Crippen LogP contribution in [0.5, 0.6) is 11.5 Å². The molecule has 120 valence electrons. The molecule has 2 N–H and O–H groups in total. The van der Waals surface area contributed by atoms with Crippen molar-refractivity contribution in [3.63, 3.8) is 0 Å². The summed E-state index contributed by atoms with van der Waals surface area (Å²) in [6.45, 7) is 10.2. The average Bonchev–Trinajstić information content (AvgIpc) is 2.80. The summed E-state index contributed by atoms with van der Waals surface area (Å²) in [6.07, 6.45) is 5.12. The average molecular weight is 301 g/mol. The number of unbranched alkanes of at least 4 members (excludes halogenated alkanes) is 2. The molecule has 1 aromatic carbocycles. The summed E-state index contributed by atoms with van der Waals surface area (Å²) >= 11 is 0. The molecule has 3 nitrogen and oxygen atoms in total. The van der Waals surface area contributed by atoms with Crippen LogP contribution in [-0.4, -0.2) is 15.9 Å². The second-order valence-electron chi connectivity index (χ2n) is 6.47. The Kier molecular flexibility index (Phi) is 5.28. The van der Waals surface area contributed by atoms with Crippen LogP contribution in [0.3, 0.4) is 0 Å². The second kappa shape index (κ2) is 6.99. The van der Waals surface area contributed by atoms with Gasteiger partial charge in [-0.2, -0.15) is 0 Å². The van der Waals surface area contributed by atoms with Crippen molar-refractivity contribution in [2.24, 2.45) is 10.9 Å².